The molecule has 0 aliphatic rings. The molecule has 2 aromatic carbocycles. The maximum atomic E-state index is 11.3. The Bertz CT molecular complexity index is 680. The van der Waals surface area contributed by atoms with Crippen molar-refractivity contribution in [1.29, 1.82) is 0 Å². The molecule has 1 heterocycles. The summed E-state index contributed by atoms with van der Waals surface area (Å²) in [7, 11) is 0. The quantitative estimate of drug-likeness (QED) is 0.775. The molecular formula is C16H13ClN2O. The van der Waals surface area contributed by atoms with E-state index < -0.39 is 5.60 Å². The molecule has 0 spiro atoms. The first-order valence-corrected chi connectivity index (χ1v) is 6.63. The van der Waals surface area contributed by atoms with Crippen LogP contribution in [0.15, 0.2) is 66.9 Å². The Morgan fingerprint density at radius 1 is 0.900 bits per heavy atom. The molecule has 0 saturated heterocycles. The van der Waals surface area contributed by atoms with Gasteiger partial charge in [-0.05, 0) is 29.3 Å². The zero-order valence-corrected chi connectivity index (χ0v) is 11.4. The van der Waals surface area contributed by atoms with Crippen molar-refractivity contribution in [2.45, 2.75) is 5.60 Å². The van der Waals surface area contributed by atoms with Crippen LogP contribution in [0, 0.1) is 0 Å². The number of halogens is 1. The van der Waals surface area contributed by atoms with E-state index in [9.17, 15) is 5.11 Å². The molecule has 2 N–H and O–H groups in total. The van der Waals surface area contributed by atoms with Crippen molar-refractivity contribution in [2.24, 2.45) is 0 Å². The van der Waals surface area contributed by atoms with Crippen LogP contribution in [-0.2, 0) is 5.60 Å². The van der Waals surface area contributed by atoms with Crippen molar-refractivity contribution in [3.63, 3.8) is 0 Å². The van der Waals surface area contributed by atoms with E-state index in [1.807, 2.05) is 42.5 Å². The Hall–Kier alpha value is -2.10. The maximum absolute atomic E-state index is 11.3. The first-order valence-electron chi connectivity index (χ1n) is 6.25. The van der Waals surface area contributed by atoms with E-state index in [1.165, 1.54) is 0 Å². The van der Waals surface area contributed by atoms with Gasteiger partial charge in [0.15, 0.2) is 5.60 Å². The minimum Gasteiger partial charge on any atom is -0.374 e. The molecule has 3 rings (SSSR count). The number of aromatic amines is 1. The normalized spacial score (nSPS) is 13.9. The van der Waals surface area contributed by atoms with Gasteiger partial charge in [0, 0.05) is 11.2 Å². The molecule has 0 radical (unpaired) electrons. The molecule has 1 atom stereocenters. The molecule has 0 aliphatic carbocycles. The van der Waals surface area contributed by atoms with Gasteiger partial charge in [-0.1, -0.05) is 54.1 Å². The maximum Gasteiger partial charge on any atom is 0.156 e. The highest BCUT2D eigenvalue weighted by atomic mass is 35.5. The molecule has 1 aromatic heterocycles. The van der Waals surface area contributed by atoms with Crippen LogP contribution in [0.3, 0.4) is 0 Å². The molecule has 4 heteroatoms. The lowest BCUT2D eigenvalue weighted by atomic mass is 9.84. The average molecular weight is 285 g/mol. The van der Waals surface area contributed by atoms with E-state index in [0.29, 0.717) is 10.7 Å². The standard InChI is InChI=1S/C16H13ClN2O/c17-14-8-6-13(7-9-14)16(20,15-10-11-18-19-15)12-4-2-1-3-5-12/h1-11,20H,(H,18,19). The molecule has 0 fully saturated rings. The number of hydrogen-bond donors (Lipinski definition) is 2. The molecule has 100 valence electrons. The SMILES string of the molecule is OC(c1ccccc1)(c1ccc(Cl)cc1)c1ccn[nH]1. The van der Waals surface area contributed by atoms with E-state index in [2.05, 4.69) is 10.2 Å². The van der Waals surface area contributed by atoms with Crippen molar-refractivity contribution < 1.29 is 5.11 Å². The molecule has 0 aliphatic heterocycles. The second-order valence-electron chi connectivity index (χ2n) is 4.55. The first kappa shape index (κ1) is 12.9. The number of benzene rings is 2. The summed E-state index contributed by atoms with van der Waals surface area (Å²) in [6.45, 7) is 0. The number of hydrogen-bond acceptors (Lipinski definition) is 2. The Kier molecular flexibility index (Phi) is 3.30. The predicted octanol–water partition coefficient (Wildman–Crippen LogP) is 3.35. The molecular weight excluding hydrogens is 272 g/mol. The summed E-state index contributed by atoms with van der Waals surface area (Å²) >= 11 is 5.93. The Balaban J connectivity index is 2.21. The van der Waals surface area contributed by atoms with Crippen LogP contribution in [0.5, 0.6) is 0 Å². The Morgan fingerprint density at radius 3 is 2.15 bits per heavy atom. The van der Waals surface area contributed by atoms with E-state index >= 15 is 0 Å². The van der Waals surface area contributed by atoms with Crippen molar-refractivity contribution >= 4 is 11.6 Å². The summed E-state index contributed by atoms with van der Waals surface area (Å²) in [4.78, 5) is 0. The van der Waals surface area contributed by atoms with Gasteiger partial charge in [0.2, 0.25) is 0 Å². The van der Waals surface area contributed by atoms with Gasteiger partial charge in [0.1, 0.15) is 0 Å². The number of aromatic nitrogens is 2. The molecule has 0 bridgehead atoms. The minimum absolute atomic E-state index is 0.617. The molecule has 20 heavy (non-hydrogen) atoms. The number of nitrogens with one attached hydrogen (secondary N) is 1. The van der Waals surface area contributed by atoms with Crippen LogP contribution in [0.4, 0.5) is 0 Å². The van der Waals surface area contributed by atoms with E-state index in [1.54, 1.807) is 24.4 Å². The van der Waals surface area contributed by atoms with Crippen LogP contribution in [0.1, 0.15) is 16.8 Å². The number of nitrogens with zero attached hydrogens (tertiary/aromatic N) is 1. The van der Waals surface area contributed by atoms with Crippen LogP contribution >= 0.6 is 11.6 Å². The summed E-state index contributed by atoms with van der Waals surface area (Å²) in [6.07, 6.45) is 1.62. The second-order valence-corrected chi connectivity index (χ2v) is 4.99. The fourth-order valence-corrected chi connectivity index (χ4v) is 2.43. The fourth-order valence-electron chi connectivity index (χ4n) is 2.31. The number of H-pyrrole nitrogens is 1. The minimum atomic E-state index is -1.28. The van der Waals surface area contributed by atoms with Gasteiger partial charge in [-0.2, -0.15) is 5.10 Å². The highest BCUT2D eigenvalue weighted by Crippen LogP contribution is 2.35. The summed E-state index contributed by atoms with van der Waals surface area (Å²) < 4.78 is 0. The van der Waals surface area contributed by atoms with Crippen molar-refractivity contribution in [3.8, 4) is 0 Å². The van der Waals surface area contributed by atoms with Gasteiger partial charge in [0.25, 0.3) is 0 Å². The summed E-state index contributed by atoms with van der Waals surface area (Å²) in [5.74, 6) is 0. The zero-order valence-electron chi connectivity index (χ0n) is 10.6. The van der Waals surface area contributed by atoms with Gasteiger partial charge >= 0.3 is 0 Å². The summed E-state index contributed by atoms with van der Waals surface area (Å²) in [5, 5.41) is 18.7. The van der Waals surface area contributed by atoms with Crippen molar-refractivity contribution in [2.75, 3.05) is 0 Å². The molecule has 1 unspecified atom stereocenters. The van der Waals surface area contributed by atoms with Gasteiger partial charge in [0.05, 0.1) is 5.69 Å². The third kappa shape index (κ3) is 2.11. The molecule has 0 amide bonds. The van der Waals surface area contributed by atoms with Crippen molar-refractivity contribution in [1.82, 2.24) is 10.2 Å². The largest absolute Gasteiger partial charge is 0.374 e. The zero-order chi connectivity index (χ0) is 14.0. The third-order valence-corrected chi connectivity index (χ3v) is 3.60. The highest BCUT2D eigenvalue weighted by Gasteiger charge is 2.34. The van der Waals surface area contributed by atoms with Gasteiger partial charge < -0.3 is 5.11 Å². The van der Waals surface area contributed by atoms with E-state index in [-0.39, 0.29) is 0 Å². The van der Waals surface area contributed by atoms with Gasteiger partial charge in [-0.3, -0.25) is 5.10 Å². The topological polar surface area (TPSA) is 48.9 Å². The summed E-state index contributed by atoms with van der Waals surface area (Å²) in [6, 6.07) is 18.4. The molecule has 0 saturated carbocycles. The van der Waals surface area contributed by atoms with Crippen LogP contribution in [0.25, 0.3) is 0 Å². The van der Waals surface area contributed by atoms with Crippen LogP contribution in [0.2, 0.25) is 5.02 Å². The third-order valence-electron chi connectivity index (χ3n) is 3.34. The smallest absolute Gasteiger partial charge is 0.156 e. The first-order chi connectivity index (χ1) is 9.71. The lowest BCUT2D eigenvalue weighted by Crippen LogP contribution is -2.29. The fraction of sp³-hybridized carbons (Fsp3) is 0.0625. The van der Waals surface area contributed by atoms with Crippen LogP contribution in [-0.4, -0.2) is 15.3 Å². The lowest BCUT2D eigenvalue weighted by molar-refractivity contribution is 0.121. The lowest BCUT2D eigenvalue weighted by Gasteiger charge is -2.28. The molecule has 3 aromatic rings. The predicted molar refractivity (Wildman–Crippen MR) is 78.6 cm³/mol. The van der Waals surface area contributed by atoms with E-state index in [0.717, 1.165) is 11.1 Å². The number of rotatable bonds is 3. The monoisotopic (exact) mass is 284 g/mol. The van der Waals surface area contributed by atoms with Gasteiger partial charge in [-0.25, -0.2) is 0 Å². The summed E-state index contributed by atoms with van der Waals surface area (Å²) in [5.41, 5.74) is 0.845. The van der Waals surface area contributed by atoms with E-state index in [4.69, 9.17) is 11.6 Å². The Labute approximate surface area is 121 Å². The average Bonchev–Trinajstić information content (AvgIpc) is 3.03. The Morgan fingerprint density at radius 2 is 1.55 bits per heavy atom. The molecule has 3 nitrogen and oxygen atoms in total. The van der Waals surface area contributed by atoms with Gasteiger partial charge in [-0.15, -0.1) is 0 Å². The highest BCUT2D eigenvalue weighted by molar-refractivity contribution is 6.30. The van der Waals surface area contributed by atoms with Crippen LogP contribution < -0.4 is 0 Å². The van der Waals surface area contributed by atoms with Crippen molar-refractivity contribution in [3.05, 3.63) is 88.7 Å². The second kappa shape index (κ2) is 5.12. The number of aliphatic hydroxyl groups is 1.